The molecule has 0 aromatic carbocycles. The zero-order valence-electron chi connectivity index (χ0n) is 13.5. The molecule has 1 fully saturated rings. The largest absolute Gasteiger partial charge is 0.465 e. The molecule has 6 nitrogen and oxygen atoms in total. The predicted octanol–water partition coefficient (Wildman–Crippen LogP) is 2.15. The van der Waals surface area contributed by atoms with Crippen molar-refractivity contribution in [3.8, 4) is 0 Å². The lowest BCUT2D eigenvalue weighted by Crippen LogP contribution is -2.46. The van der Waals surface area contributed by atoms with E-state index in [0.717, 1.165) is 6.42 Å². The van der Waals surface area contributed by atoms with Crippen LogP contribution in [0.2, 0.25) is 0 Å². The maximum atomic E-state index is 12.4. The Hall–Kier alpha value is -1.59. The fourth-order valence-electron chi connectivity index (χ4n) is 2.27. The third-order valence-corrected chi connectivity index (χ3v) is 3.28. The van der Waals surface area contributed by atoms with Gasteiger partial charge in [0.1, 0.15) is 11.5 Å². The van der Waals surface area contributed by atoms with Crippen LogP contribution in [0.15, 0.2) is 0 Å². The Labute approximate surface area is 125 Å². The Morgan fingerprint density at radius 2 is 1.90 bits per heavy atom. The number of carbonyl (C=O) groups excluding carboxylic acids is 3. The molecular weight excluding hydrogens is 274 g/mol. The molecule has 2 atom stereocenters. The second kappa shape index (κ2) is 6.91. The van der Waals surface area contributed by atoms with E-state index in [0.29, 0.717) is 13.0 Å². The summed E-state index contributed by atoms with van der Waals surface area (Å²) in [5.74, 6) is -1.69. The minimum Gasteiger partial charge on any atom is -0.465 e. The van der Waals surface area contributed by atoms with Crippen LogP contribution in [0.1, 0.15) is 47.5 Å². The lowest BCUT2D eigenvalue weighted by molar-refractivity contribution is -0.151. The van der Waals surface area contributed by atoms with Gasteiger partial charge in [-0.05, 0) is 47.5 Å². The molecule has 1 aliphatic heterocycles. The van der Waals surface area contributed by atoms with Gasteiger partial charge in [-0.2, -0.15) is 0 Å². The van der Waals surface area contributed by atoms with E-state index in [1.807, 2.05) is 0 Å². The highest BCUT2D eigenvalue weighted by Crippen LogP contribution is 2.24. The Bertz CT molecular complexity index is 413. The van der Waals surface area contributed by atoms with Crippen LogP contribution in [0.3, 0.4) is 0 Å². The van der Waals surface area contributed by atoms with Gasteiger partial charge in [-0.1, -0.05) is 0 Å². The van der Waals surface area contributed by atoms with Crippen LogP contribution < -0.4 is 0 Å². The van der Waals surface area contributed by atoms with E-state index in [-0.39, 0.29) is 12.4 Å². The maximum absolute atomic E-state index is 12.4. The summed E-state index contributed by atoms with van der Waals surface area (Å²) in [6, 6.07) is -0.598. The number of hydrogen-bond acceptors (Lipinski definition) is 5. The number of ketones is 1. The fourth-order valence-corrected chi connectivity index (χ4v) is 2.27. The Kier molecular flexibility index (Phi) is 5.75. The molecule has 0 radical (unpaired) electrons. The zero-order chi connectivity index (χ0) is 16.2. The van der Waals surface area contributed by atoms with Crippen LogP contribution in [-0.4, -0.2) is 47.5 Å². The Morgan fingerprint density at radius 3 is 2.43 bits per heavy atom. The topological polar surface area (TPSA) is 72.9 Å². The van der Waals surface area contributed by atoms with Crippen molar-refractivity contribution in [2.45, 2.75) is 59.1 Å². The molecule has 1 unspecified atom stereocenters. The van der Waals surface area contributed by atoms with Gasteiger partial charge in [0, 0.05) is 6.54 Å². The third-order valence-electron chi connectivity index (χ3n) is 3.28. The van der Waals surface area contributed by atoms with Crippen molar-refractivity contribution in [2.75, 3.05) is 13.2 Å². The molecule has 0 aliphatic carbocycles. The molecule has 6 heteroatoms. The number of ether oxygens (including phenoxy) is 2. The second-order valence-electron chi connectivity index (χ2n) is 6.21. The molecule has 1 heterocycles. The molecular formula is C15H25NO5. The first-order valence-corrected chi connectivity index (χ1v) is 7.37. The van der Waals surface area contributed by atoms with Gasteiger partial charge in [0.05, 0.1) is 12.6 Å². The number of likely N-dealkylation sites (tertiary alicyclic amines) is 1. The standard InChI is InChI=1S/C15H25NO5/c1-6-20-13(18)10(2)12(17)11-8-7-9-16(11)14(19)21-15(3,4)5/h10-11H,6-9H2,1-5H3/t10?,11-/m0/s1. The summed E-state index contributed by atoms with van der Waals surface area (Å²) < 4.78 is 10.2. The Morgan fingerprint density at radius 1 is 1.29 bits per heavy atom. The van der Waals surface area contributed by atoms with Crippen molar-refractivity contribution in [1.29, 1.82) is 0 Å². The molecule has 1 aliphatic rings. The van der Waals surface area contributed by atoms with Gasteiger partial charge >= 0.3 is 12.1 Å². The molecule has 0 aromatic heterocycles. The summed E-state index contributed by atoms with van der Waals surface area (Å²) in [6.45, 7) is 9.25. The van der Waals surface area contributed by atoms with Gasteiger partial charge < -0.3 is 9.47 Å². The highest BCUT2D eigenvalue weighted by Gasteiger charge is 2.40. The highest BCUT2D eigenvalue weighted by atomic mass is 16.6. The van der Waals surface area contributed by atoms with Crippen LogP contribution in [0.5, 0.6) is 0 Å². The molecule has 1 saturated heterocycles. The molecule has 0 aromatic rings. The maximum Gasteiger partial charge on any atom is 0.410 e. The third kappa shape index (κ3) is 4.72. The number of nitrogens with zero attached hydrogens (tertiary/aromatic N) is 1. The van der Waals surface area contributed by atoms with Gasteiger partial charge in [0.15, 0.2) is 5.78 Å². The van der Waals surface area contributed by atoms with Crippen molar-refractivity contribution < 1.29 is 23.9 Å². The number of rotatable bonds is 4. The minimum atomic E-state index is -0.863. The quantitative estimate of drug-likeness (QED) is 0.587. The number of hydrogen-bond donors (Lipinski definition) is 0. The number of esters is 1. The summed E-state index contributed by atoms with van der Waals surface area (Å²) in [6.07, 6.45) is 0.780. The van der Waals surface area contributed by atoms with Crippen LogP contribution in [-0.2, 0) is 19.1 Å². The average Bonchev–Trinajstić information content (AvgIpc) is 2.84. The van der Waals surface area contributed by atoms with Crippen molar-refractivity contribution in [3.05, 3.63) is 0 Å². The fraction of sp³-hybridized carbons (Fsp3) is 0.800. The van der Waals surface area contributed by atoms with Gasteiger partial charge in [0.25, 0.3) is 0 Å². The van der Waals surface area contributed by atoms with E-state index in [9.17, 15) is 14.4 Å². The molecule has 0 N–H and O–H groups in total. The first kappa shape index (κ1) is 17.5. The molecule has 1 amide bonds. The monoisotopic (exact) mass is 299 g/mol. The summed E-state index contributed by atoms with van der Waals surface area (Å²) in [5.41, 5.74) is -0.611. The van der Waals surface area contributed by atoms with Crippen LogP contribution >= 0.6 is 0 Å². The van der Waals surface area contributed by atoms with E-state index >= 15 is 0 Å². The van der Waals surface area contributed by atoms with Crippen LogP contribution in [0, 0.1) is 5.92 Å². The summed E-state index contributed by atoms with van der Waals surface area (Å²) >= 11 is 0. The summed E-state index contributed by atoms with van der Waals surface area (Å²) in [4.78, 5) is 37.6. The lowest BCUT2D eigenvalue weighted by atomic mass is 9.98. The van der Waals surface area contributed by atoms with Crippen molar-refractivity contribution in [2.24, 2.45) is 5.92 Å². The van der Waals surface area contributed by atoms with E-state index in [2.05, 4.69) is 0 Å². The van der Waals surface area contributed by atoms with E-state index in [4.69, 9.17) is 9.47 Å². The van der Waals surface area contributed by atoms with Crippen molar-refractivity contribution >= 4 is 17.8 Å². The molecule has 21 heavy (non-hydrogen) atoms. The normalized spacial score (nSPS) is 20.0. The van der Waals surface area contributed by atoms with Crippen molar-refractivity contribution in [3.63, 3.8) is 0 Å². The summed E-state index contributed by atoms with van der Waals surface area (Å²) in [7, 11) is 0. The van der Waals surface area contributed by atoms with E-state index in [1.54, 1.807) is 27.7 Å². The van der Waals surface area contributed by atoms with E-state index < -0.39 is 29.6 Å². The zero-order valence-corrected chi connectivity index (χ0v) is 13.5. The molecule has 0 bridgehead atoms. The first-order chi connectivity index (χ1) is 9.67. The SMILES string of the molecule is CCOC(=O)C(C)C(=O)[C@@H]1CCCN1C(=O)OC(C)(C)C. The predicted molar refractivity (Wildman–Crippen MR) is 76.8 cm³/mol. The van der Waals surface area contributed by atoms with Gasteiger partial charge in [-0.25, -0.2) is 4.79 Å². The van der Waals surface area contributed by atoms with Crippen LogP contribution in [0.4, 0.5) is 4.79 Å². The Balaban J connectivity index is 2.74. The van der Waals surface area contributed by atoms with Crippen LogP contribution in [0.25, 0.3) is 0 Å². The first-order valence-electron chi connectivity index (χ1n) is 7.37. The van der Waals surface area contributed by atoms with Crippen molar-refractivity contribution in [1.82, 2.24) is 4.90 Å². The number of carbonyl (C=O) groups is 3. The average molecular weight is 299 g/mol. The second-order valence-corrected chi connectivity index (χ2v) is 6.21. The van der Waals surface area contributed by atoms with Gasteiger partial charge in [-0.15, -0.1) is 0 Å². The highest BCUT2D eigenvalue weighted by molar-refractivity contribution is 6.02. The van der Waals surface area contributed by atoms with Gasteiger partial charge in [0.2, 0.25) is 0 Å². The lowest BCUT2D eigenvalue weighted by Gasteiger charge is -2.28. The summed E-state index contributed by atoms with van der Waals surface area (Å²) in [5, 5.41) is 0. The molecule has 1 rings (SSSR count). The smallest absolute Gasteiger partial charge is 0.410 e. The number of amides is 1. The molecule has 0 spiro atoms. The minimum absolute atomic E-state index is 0.233. The van der Waals surface area contributed by atoms with E-state index in [1.165, 1.54) is 11.8 Å². The molecule has 120 valence electrons. The van der Waals surface area contributed by atoms with Gasteiger partial charge in [-0.3, -0.25) is 14.5 Å². The number of Topliss-reactive ketones (excluding diaryl/α,β-unsaturated/α-hetero) is 1. The molecule has 0 saturated carbocycles.